The topological polar surface area (TPSA) is 71.5 Å². The van der Waals surface area contributed by atoms with Crippen molar-refractivity contribution in [3.8, 4) is 0 Å². The van der Waals surface area contributed by atoms with Crippen molar-refractivity contribution < 1.29 is 14.7 Å². The highest BCUT2D eigenvalue weighted by atomic mass is 32.2. The van der Waals surface area contributed by atoms with Gasteiger partial charge in [0.15, 0.2) is 0 Å². The van der Waals surface area contributed by atoms with Gasteiger partial charge in [0.25, 0.3) is 5.91 Å². The molecule has 5 nitrogen and oxygen atoms in total. The zero-order valence-electron chi connectivity index (χ0n) is 10.8. The van der Waals surface area contributed by atoms with Crippen LogP contribution in [0.2, 0.25) is 0 Å². The number of pyridine rings is 1. The summed E-state index contributed by atoms with van der Waals surface area (Å²) in [5, 5.41) is 9.23. The van der Waals surface area contributed by atoms with Gasteiger partial charge in [0.2, 0.25) is 0 Å². The molecule has 6 heteroatoms. The van der Waals surface area contributed by atoms with Crippen LogP contribution in [0.15, 0.2) is 23.4 Å². The molecule has 0 saturated carbocycles. The number of aromatic nitrogens is 1. The van der Waals surface area contributed by atoms with Crippen LogP contribution in [0.5, 0.6) is 0 Å². The van der Waals surface area contributed by atoms with Gasteiger partial charge in [0, 0.05) is 10.9 Å². The van der Waals surface area contributed by atoms with Crippen LogP contribution in [0.3, 0.4) is 0 Å². The number of carbonyl (C=O) groups is 1. The number of rotatable bonds is 5. The molecule has 1 rings (SSSR count). The van der Waals surface area contributed by atoms with E-state index in [4.69, 9.17) is 9.94 Å². The summed E-state index contributed by atoms with van der Waals surface area (Å²) in [4.78, 5) is 20.9. The summed E-state index contributed by atoms with van der Waals surface area (Å²) in [5.74, 6) is -0.358. The van der Waals surface area contributed by atoms with Gasteiger partial charge in [-0.2, -0.15) is 0 Å². The largest absolute Gasteiger partial charge is 0.394 e. The highest BCUT2D eigenvalue weighted by Crippen LogP contribution is 2.32. The quantitative estimate of drug-likeness (QED) is 0.483. The zero-order chi connectivity index (χ0) is 13.6. The molecule has 1 amide bonds. The third-order valence-corrected chi connectivity index (χ3v) is 2.91. The molecule has 0 unspecified atom stereocenters. The van der Waals surface area contributed by atoms with Gasteiger partial charge in [-0.05, 0) is 12.1 Å². The van der Waals surface area contributed by atoms with Crippen molar-refractivity contribution in [3.05, 3.63) is 23.9 Å². The van der Waals surface area contributed by atoms with E-state index in [-0.39, 0.29) is 23.9 Å². The predicted molar refractivity (Wildman–Crippen MR) is 70.4 cm³/mol. The molecular formula is C12H18N2O3S. The van der Waals surface area contributed by atoms with Crippen LogP contribution >= 0.6 is 11.8 Å². The molecule has 1 heterocycles. The summed E-state index contributed by atoms with van der Waals surface area (Å²) in [6, 6.07) is 3.40. The summed E-state index contributed by atoms with van der Waals surface area (Å²) in [6.45, 7) is 6.08. The fourth-order valence-corrected chi connectivity index (χ4v) is 2.12. The molecule has 0 atom stereocenters. The van der Waals surface area contributed by atoms with Crippen molar-refractivity contribution in [1.29, 1.82) is 0 Å². The first-order chi connectivity index (χ1) is 8.44. The molecule has 1 aromatic rings. The normalized spacial score (nSPS) is 11.3. The van der Waals surface area contributed by atoms with E-state index in [1.165, 1.54) is 11.8 Å². The Morgan fingerprint density at radius 1 is 1.56 bits per heavy atom. The molecule has 0 aromatic carbocycles. The molecule has 0 spiro atoms. The fraction of sp³-hybridized carbons (Fsp3) is 0.500. The number of nitrogens with one attached hydrogen (secondary N) is 1. The fourth-order valence-electron chi connectivity index (χ4n) is 1.15. The van der Waals surface area contributed by atoms with Crippen LogP contribution in [0.4, 0.5) is 0 Å². The van der Waals surface area contributed by atoms with Crippen molar-refractivity contribution in [2.75, 3.05) is 13.2 Å². The third kappa shape index (κ3) is 5.03. The lowest BCUT2D eigenvalue weighted by molar-refractivity contribution is 0.0165. The molecule has 0 aliphatic carbocycles. The molecule has 2 N–H and O–H groups in total. The van der Waals surface area contributed by atoms with Gasteiger partial charge >= 0.3 is 0 Å². The van der Waals surface area contributed by atoms with E-state index in [0.29, 0.717) is 10.6 Å². The van der Waals surface area contributed by atoms with E-state index >= 15 is 0 Å². The maximum atomic E-state index is 11.9. The first kappa shape index (κ1) is 14.9. The van der Waals surface area contributed by atoms with Crippen LogP contribution in [0.1, 0.15) is 31.1 Å². The molecule has 0 radical (unpaired) electrons. The highest BCUT2D eigenvalue weighted by molar-refractivity contribution is 8.00. The first-order valence-electron chi connectivity index (χ1n) is 5.61. The van der Waals surface area contributed by atoms with E-state index in [2.05, 4.69) is 31.2 Å². The van der Waals surface area contributed by atoms with Gasteiger partial charge < -0.3 is 5.11 Å². The van der Waals surface area contributed by atoms with E-state index in [1.54, 1.807) is 18.3 Å². The van der Waals surface area contributed by atoms with Gasteiger partial charge in [-0.3, -0.25) is 9.63 Å². The Bertz CT molecular complexity index is 405. The second kappa shape index (κ2) is 6.72. The van der Waals surface area contributed by atoms with Gasteiger partial charge in [0.1, 0.15) is 5.03 Å². The smallest absolute Gasteiger partial charge is 0.277 e. The summed E-state index contributed by atoms with van der Waals surface area (Å²) in [7, 11) is 0. The van der Waals surface area contributed by atoms with Crippen molar-refractivity contribution in [1.82, 2.24) is 10.5 Å². The number of hydrogen-bond donors (Lipinski definition) is 2. The number of aliphatic hydroxyl groups is 1. The average Bonchev–Trinajstić information content (AvgIpc) is 2.27. The van der Waals surface area contributed by atoms with Crippen molar-refractivity contribution in [2.45, 2.75) is 30.5 Å². The second-order valence-corrected chi connectivity index (χ2v) is 6.39. The summed E-state index contributed by atoms with van der Waals surface area (Å²) in [5.41, 5.74) is 2.74. The number of hydrogen-bond acceptors (Lipinski definition) is 5. The van der Waals surface area contributed by atoms with Crippen LogP contribution < -0.4 is 5.48 Å². The standard InChI is InChI=1S/C12H18N2O3S/c1-12(2,3)18-11-9(5-4-6-13-11)10(16)14-17-8-7-15/h4-6,15H,7-8H2,1-3H3,(H,14,16). The van der Waals surface area contributed by atoms with E-state index in [1.807, 2.05) is 0 Å². The summed E-state index contributed by atoms with van der Waals surface area (Å²) < 4.78 is -0.0324. The Morgan fingerprint density at radius 3 is 2.89 bits per heavy atom. The molecule has 18 heavy (non-hydrogen) atoms. The Morgan fingerprint density at radius 2 is 2.28 bits per heavy atom. The minimum Gasteiger partial charge on any atom is -0.394 e. The maximum Gasteiger partial charge on any atom is 0.277 e. The van der Waals surface area contributed by atoms with E-state index < -0.39 is 0 Å². The molecule has 0 bridgehead atoms. The molecule has 0 saturated heterocycles. The Kier molecular flexibility index (Phi) is 5.58. The van der Waals surface area contributed by atoms with Gasteiger partial charge in [-0.15, -0.1) is 0 Å². The predicted octanol–water partition coefficient (Wildman–Crippen LogP) is 1.63. The van der Waals surface area contributed by atoms with Crippen molar-refractivity contribution >= 4 is 17.7 Å². The number of nitrogens with zero attached hydrogens (tertiary/aromatic N) is 1. The van der Waals surface area contributed by atoms with Crippen LogP contribution in [0.25, 0.3) is 0 Å². The lowest BCUT2D eigenvalue weighted by atomic mass is 10.2. The molecule has 1 aromatic heterocycles. The molecule has 0 aliphatic heterocycles. The lowest BCUT2D eigenvalue weighted by Crippen LogP contribution is -2.26. The summed E-state index contributed by atoms with van der Waals surface area (Å²) in [6.07, 6.45) is 1.65. The lowest BCUT2D eigenvalue weighted by Gasteiger charge is -2.18. The first-order valence-corrected chi connectivity index (χ1v) is 6.43. The maximum absolute atomic E-state index is 11.9. The average molecular weight is 270 g/mol. The van der Waals surface area contributed by atoms with Gasteiger partial charge in [-0.1, -0.05) is 32.5 Å². The van der Waals surface area contributed by atoms with E-state index in [9.17, 15) is 4.79 Å². The number of carbonyl (C=O) groups excluding carboxylic acids is 1. The van der Waals surface area contributed by atoms with Crippen LogP contribution in [-0.2, 0) is 4.84 Å². The monoisotopic (exact) mass is 270 g/mol. The van der Waals surface area contributed by atoms with Crippen molar-refractivity contribution in [3.63, 3.8) is 0 Å². The zero-order valence-corrected chi connectivity index (χ0v) is 11.6. The molecule has 100 valence electrons. The van der Waals surface area contributed by atoms with Crippen molar-refractivity contribution in [2.24, 2.45) is 0 Å². The van der Waals surface area contributed by atoms with Gasteiger partial charge in [-0.25, -0.2) is 10.5 Å². The number of amides is 1. The number of aliphatic hydroxyl groups excluding tert-OH is 1. The number of hydroxylamine groups is 1. The molecular weight excluding hydrogens is 252 g/mol. The Hall–Kier alpha value is -1.11. The van der Waals surface area contributed by atoms with Crippen LogP contribution in [0, 0.1) is 0 Å². The SMILES string of the molecule is CC(C)(C)Sc1ncccc1C(=O)NOCCO. The molecule has 0 aliphatic rings. The molecule has 0 fully saturated rings. The number of thioether (sulfide) groups is 1. The Balaban J connectivity index is 2.78. The third-order valence-electron chi connectivity index (χ3n) is 1.78. The summed E-state index contributed by atoms with van der Waals surface area (Å²) >= 11 is 1.52. The van der Waals surface area contributed by atoms with Crippen LogP contribution in [-0.4, -0.2) is 34.0 Å². The Labute approximate surface area is 111 Å². The minimum absolute atomic E-state index is 0.0324. The van der Waals surface area contributed by atoms with Gasteiger partial charge in [0.05, 0.1) is 18.8 Å². The van der Waals surface area contributed by atoms with E-state index in [0.717, 1.165) is 0 Å². The minimum atomic E-state index is -0.358. The highest BCUT2D eigenvalue weighted by Gasteiger charge is 2.19. The second-order valence-electron chi connectivity index (χ2n) is 4.57.